The average molecular weight is 378 g/mol. The van der Waals surface area contributed by atoms with Crippen LogP contribution in [0.3, 0.4) is 0 Å². The van der Waals surface area contributed by atoms with Gasteiger partial charge in [0.1, 0.15) is 24.4 Å². The molecular weight excluding hydrogens is 359 g/mol. The van der Waals surface area contributed by atoms with E-state index in [1.165, 1.54) is 2.81 Å². The second kappa shape index (κ2) is 12.2. The van der Waals surface area contributed by atoms with Crippen molar-refractivity contribution in [3.8, 4) is 5.75 Å². The van der Waals surface area contributed by atoms with E-state index in [1.54, 1.807) is 12.1 Å². The van der Waals surface area contributed by atoms with Gasteiger partial charge in [-0.15, -0.1) is 0 Å². The summed E-state index contributed by atoms with van der Waals surface area (Å²) in [5.74, 6) is 0.351. The molecule has 0 spiro atoms. The Bertz CT molecular complexity index is 457. The molecule has 1 fully saturated rings. The van der Waals surface area contributed by atoms with Crippen LogP contribution in [0.5, 0.6) is 5.75 Å². The molecule has 24 heavy (non-hydrogen) atoms. The minimum atomic E-state index is -2.61. The fraction of sp³-hybridized carbons (Fsp3) is 0.500. The third-order valence-electron chi connectivity index (χ3n) is 2.90. The van der Waals surface area contributed by atoms with E-state index in [4.69, 9.17) is 44.0 Å². The van der Waals surface area contributed by atoms with Gasteiger partial charge in [0.25, 0.3) is 11.4 Å². The number of aliphatic hydroxyl groups excluding tert-OH is 5. The molecule has 12 heteroatoms. The fourth-order valence-corrected chi connectivity index (χ4v) is 1.96. The Balaban J connectivity index is 0.000000379. The van der Waals surface area contributed by atoms with Crippen molar-refractivity contribution in [3.63, 3.8) is 0 Å². The van der Waals surface area contributed by atoms with Crippen molar-refractivity contribution < 1.29 is 48.7 Å². The van der Waals surface area contributed by atoms with Gasteiger partial charge >= 0.3 is 65.9 Å². The molecule has 2 rings (SSSR count). The van der Waals surface area contributed by atoms with Crippen LogP contribution in [0.15, 0.2) is 24.3 Å². The third kappa shape index (κ3) is 9.36. The Kier molecular flexibility index (Phi) is 12.2. The number of ether oxygens (including phenoxy) is 1. The van der Waals surface area contributed by atoms with Crippen molar-refractivity contribution in [2.75, 3.05) is 6.61 Å². The predicted octanol–water partition coefficient (Wildman–Crippen LogP) is -3.35. The molecular formula is C12H19NaO10S. The summed E-state index contributed by atoms with van der Waals surface area (Å²) < 4.78 is 28.7. The third-order valence-corrected chi connectivity index (χ3v) is 3.57. The van der Waals surface area contributed by atoms with E-state index in [0.717, 1.165) is 27.9 Å². The van der Waals surface area contributed by atoms with Crippen LogP contribution in [-0.4, -0.2) is 109 Å². The summed E-state index contributed by atoms with van der Waals surface area (Å²) in [5.41, 5.74) is 0. The van der Waals surface area contributed by atoms with Crippen LogP contribution in [0.4, 0.5) is 0 Å². The molecule has 0 saturated carbocycles. The molecule has 0 aliphatic carbocycles. The molecule has 0 aromatic heterocycles. The van der Waals surface area contributed by atoms with E-state index in [9.17, 15) is 0 Å². The Morgan fingerprint density at radius 2 is 1.46 bits per heavy atom. The minimum absolute atomic E-state index is 0.351. The summed E-state index contributed by atoms with van der Waals surface area (Å²) in [5, 5.41) is 53.4. The quantitative estimate of drug-likeness (QED) is 0.181. The molecule has 1 aliphatic heterocycles. The summed E-state index contributed by atoms with van der Waals surface area (Å²) in [4.78, 5) is 0. The molecule has 5 atom stereocenters. The molecule has 1 aliphatic rings. The molecule has 0 radical (unpaired) electrons. The van der Waals surface area contributed by atoms with Crippen LogP contribution >= 0.6 is 0 Å². The molecule has 8 N–H and O–H groups in total. The molecule has 1 aromatic carbocycles. The molecule has 0 amide bonds. The van der Waals surface area contributed by atoms with Crippen molar-refractivity contribution in [3.05, 3.63) is 24.3 Å². The van der Waals surface area contributed by atoms with Crippen molar-refractivity contribution in [1.29, 1.82) is 0 Å². The van der Waals surface area contributed by atoms with Crippen LogP contribution in [0, 0.1) is 0 Å². The molecule has 10 nitrogen and oxygen atoms in total. The van der Waals surface area contributed by atoms with E-state index in [1.807, 2.05) is 12.1 Å². The summed E-state index contributed by atoms with van der Waals surface area (Å²) in [7, 11) is 0. The van der Waals surface area contributed by atoms with Crippen LogP contribution in [0.2, 0.25) is 0 Å². The van der Waals surface area contributed by atoms with Gasteiger partial charge in [0.2, 0.25) is 0 Å². The number of phenolic OH excluding ortho intramolecular Hbond substituents is 1. The Labute approximate surface area is 157 Å². The molecule has 0 unspecified atom stereocenters. The van der Waals surface area contributed by atoms with E-state index in [0.29, 0.717) is 5.75 Å². The Morgan fingerprint density at radius 1 is 1.00 bits per heavy atom. The van der Waals surface area contributed by atoms with Crippen LogP contribution < -0.4 is 2.81 Å². The van der Waals surface area contributed by atoms with Crippen LogP contribution in [0.1, 0.15) is 0 Å². The van der Waals surface area contributed by atoms with Crippen molar-refractivity contribution in [1.82, 2.24) is 0 Å². The Hall–Kier alpha value is -0.150. The molecule has 1 aromatic rings. The standard InChI is InChI=1S/C6H12O6.C6H5O.Na.H2O3S/c7-1-2-3(8)4(9)5(10)6(11)12-2;7-6-4-2-1-3-5-6;;1-4(2)3/h2-11H,1H2;2-5,7H;;(H2,1,2,3)/t2-,3-,4+,5-,6+;;;/m1.../s1. The van der Waals surface area contributed by atoms with Gasteiger partial charge in [-0.3, -0.25) is 9.11 Å². The molecule has 1 heterocycles. The normalized spacial score (nSPS) is 29.2. The number of aromatic hydroxyl groups is 1. The first kappa shape index (κ1) is 23.9. The summed E-state index contributed by atoms with van der Waals surface area (Å²) in [6.07, 6.45) is -7.04. The predicted molar refractivity (Wildman–Crippen MR) is 82.9 cm³/mol. The van der Waals surface area contributed by atoms with Gasteiger partial charge < -0.3 is 30.3 Å². The molecule has 0 bridgehead atoms. The average Bonchev–Trinajstić information content (AvgIpc) is 2.52. The molecule has 134 valence electrons. The number of aliphatic hydroxyl groups is 5. The van der Waals surface area contributed by atoms with Gasteiger partial charge in [-0.1, -0.05) is 0 Å². The van der Waals surface area contributed by atoms with Gasteiger partial charge in [0, 0.05) is 0 Å². The first-order chi connectivity index (χ1) is 11.1. The van der Waals surface area contributed by atoms with Crippen molar-refractivity contribution >= 4 is 42.1 Å². The van der Waals surface area contributed by atoms with Crippen molar-refractivity contribution in [2.24, 2.45) is 0 Å². The van der Waals surface area contributed by atoms with E-state index >= 15 is 0 Å². The SMILES string of the molecule is O=S(O)O.OC[C@H]1O[C@H](O)[C@H](O)[C@@H](O)[C@@H]1O.Oc1cc[c]([Na])cc1. The summed E-state index contributed by atoms with van der Waals surface area (Å²) >= 11 is -1.55. The molecule has 1 saturated heterocycles. The van der Waals surface area contributed by atoms with Crippen molar-refractivity contribution in [2.45, 2.75) is 30.7 Å². The second-order valence-electron chi connectivity index (χ2n) is 4.79. The Morgan fingerprint density at radius 3 is 1.83 bits per heavy atom. The van der Waals surface area contributed by atoms with Gasteiger partial charge in [-0.25, -0.2) is 0 Å². The topological polar surface area (TPSA) is 188 Å². The first-order valence-electron chi connectivity index (χ1n) is 6.64. The van der Waals surface area contributed by atoms with E-state index < -0.39 is 48.7 Å². The first-order valence-corrected chi connectivity index (χ1v) is 8.70. The van der Waals surface area contributed by atoms with Gasteiger partial charge in [0.15, 0.2) is 6.29 Å². The maximum atomic E-state index is 9.12. The summed E-state index contributed by atoms with van der Waals surface area (Å²) in [6.45, 7) is -0.526. The number of hydrogen-bond donors (Lipinski definition) is 8. The number of phenols is 1. The number of benzene rings is 1. The monoisotopic (exact) mass is 378 g/mol. The zero-order valence-corrected chi connectivity index (χ0v) is 15.5. The van der Waals surface area contributed by atoms with Crippen LogP contribution in [-0.2, 0) is 16.1 Å². The van der Waals surface area contributed by atoms with Gasteiger partial charge in [-0.2, -0.15) is 4.21 Å². The van der Waals surface area contributed by atoms with Gasteiger partial charge in [-0.05, 0) is 0 Å². The van der Waals surface area contributed by atoms with E-state index in [2.05, 4.69) is 4.74 Å². The zero-order valence-electron chi connectivity index (χ0n) is 12.7. The summed E-state index contributed by atoms with van der Waals surface area (Å²) in [6, 6.07) is 7.29. The van der Waals surface area contributed by atoms with Gasteiger partial charge in [0.05, 0.1) is 6.61 Å². The zero-order chi connectivity index (χ0) is 18.9. The second-order valence-corrected chi connectivity index (χ2v) is 6.40. The maximum absolute atomic E-state index is 9.12. The number of hydrogen-bond acceptors (Lipinski definition) is 8. The van der Waals surface area contributed by atoms with Crippen LogP contribution in [0.25, 0.3) is 0 Å². The number of rotatable bonds is 1. The van der Waals surface area contributed by atoms with E-state index in [-0.39, 0.29) is 0 Å². The fourth-order valence-electron chi connectivity index (χ4n) is 1.63.